The van der Waals surface area contributed by atoms with Crippen LogP contribution in [0.1, 0.15) is 36.1 Å². The van der Waals surface area contributed by atoms with Crippen LogP contribution >= 0.6 is 12.2 Å². The number of aromatic nitrogens is 1. The standard InChI is InChI=1S/C24H23N3O2S/c1-2-29-21(28)14-27-13-19(17-9-5-6-10-20(17)27)23-18-12-11-15-7-3-4-8-16(15)22(18)25-24(30)26-23/h3-10,13,23H,2,11-12,14H2,1H3,(H2,25,26,30). The zero-order chi connectivity index (χ0) is 20.7. The Kier molecular flexibility index (Phi) is 4.79. The first-order valence-electron chi connectivity index (χ1n) is 10.3. The van der Waals surface area contributed by atoms with Crippen LogP contribution in [-0.4, -0.2) is 22.3 Å². The third-order valence-corrected chi connectivity index (χ3v) is 6.09. The van der Waals surface area contributed by atoms with Gasteiger partial charge in [0.15, 0.2) is 5.11 Å². The summed E-state index contributed by atoms with van der Waals surface area (Å²) < 4.78 is 7.15. The Bertz CT molecular complexity index is 1190. The minimum Gasteiger partial charge on any atom is -0.465 e. The van der Waals surface area contributed by atoms with E-state index in [2.05, 4.69) is 47.2 Å². The summed E-state index contributed by atoms with van der Waals surface area (Å²) in [4.78, 5) is 12.2. The van der Waals surface area contributed by atoms with Gasteiger partial charge in [0.2, 0.25) is 0 Å². The average Bonchev–Trinajstić information content (AvgIpc) is 3.11. The van der Waals surface area contributed by atoms with Crippen LogP contribution in [-0.2, 0) is 22.5 Å². The van der Waals surface area contributed by atoms with Gasteiger partial charge in [-0.3, -0.25) is 4.79 Å². The monoisotopic (exact) mass is 417 g/mol. The van der Waals surface area contributed by atoms with Crippen LogP contribution in [0.25, 0.3) is 16.6 Å². The van der Waals surface area contributed by atoms with Crippen molar-refractivity contribution in [3.63, 3.8) is 0 Å². The molecule has 152 valence electrons. The van der Waals surface area contributed by atoms with Crippen LogP contribution in [0.15, 0.2) is 60.3 Å². The number of benzene rings is 2. The molecule has 0 radical (unpaired) electrons. The van der Waals surface area contributed by atoms with E-state index in [9.17, 15) is 4.79 Å². The van der Waals surface area contributed by atoms with Gasteiger partial charge in [-0.1, -0.05) is 42.5 Å². The lowest BCUT2D eigenvalue weighted by molar-refractivity contribution is -0.143. The predicted octanol–water partition coefficient (Wildman–Crippen LogP) is 4.08. The molecule has 0 saturated carbocycles. The molecule has 3 aromatic rings. The molecule has 5 rings (SSSR count). The van der Waals surface area contributed by atoms with E-state index in [1.54, 1.807) is 0 Å². The van der Waals surface area contributed by atoms with Crippen LogP contribution in [0.2, 0.25) is 0 Å². The topological polar surface area (TPSA) is 55.3 Å². The zero-order valence-corrected chi connectivity index (χ0v) is 17.6. The Hall–Kier alpha value is -3.12. The largest absolute Gasteiger partial charge is 0.465 e. The fraction of sp³-hybridized carbons (Fsp3) is 0.250. The van der Waals surface area contributed by atoms with Gasteiger partial charge >= 0.3 is 5.97 Å². The molecule has 1 aliphatic carbocycles. The van der Waals surface area contributed by atoms with Crippen LogP contribution in [0, 0.1) is 0 Å². The summed E-state index contributed by atoms with van der Waals surface area (Å²) in [5, 5.41) is 8.62. The quantitative estimate of drug-likeness (QED) is 0.495. The van der Waals surface area contributed by atoms with Crippen LogP contribution in [0.3, 0.4) is 0 Å². The first-order chi connectivity index (χ1) is 14.7. The van der Waals surface area contributed by atoms with E-state index in [1.807, 2.05) is 29.7 Å². The number of rotatable bonds is 4. The number of ether oxygens (including phenoxy) is 1. The number of carbonyl (C=O) groups excluding carboxylic acids is 1. The van der Waals surface area contributed by atoms with Gasteiger partial charge in [-0.25, -0.2) is 0 Å². The summed E-state index contributed by atoms with van der Waals surface area (Å²) in [6.07, 6.45) is 4.03. The van der Waals surface area contributed by atoms with Gasteiger partial charge in [-0.2, -0.15) is 0 Å². The number of nitrogens with zero attached hydrogens (tertiary/aromatic N) is 1. The molecule has 6 heteroatoms. The van der Waals surface area contributed by atoms with Crippen LogP contribution in [0.4, 0.5) is 0 Å². The molecule has 0 amide bonds. The maximum atomic E-state index is 12.2. The Morgan fingerprint density at radius 1 is 1.17 bits per heavy atom. The van der Waals surface area contributed by atoms with Crippen LogP contribution < -0.4 is 10.6 Å². The van der Waals surface area contributed by atoms with Gasteiger partial charge in [-0.15, -0.1) is 0 Å². The molecular formula is C24H23N3O2S. The number of fused-ring (bicyclic) bond motifs is 3. The van der Waals surface area contributed by atoms with Crippen molar-refractivity contribution in [2.24, 2.45) is 0 Å². The maximum Gasteiger partial charge on any atom is 0.325 e. The number of para-hydroxylation sites is 1. The molecule has 2 heterocycles. The summed E-state index contributed by atoms with van der Waals surface area (Å²) in [6, 6.07) is 16.7. The summed E-state index contributed by atoms with van der Waals surface area (Å²) in [6.45, 7) is 2.40. The molecule has 30 heavy (non-hydrogen) atoms. The number of thiocarbonyl (C=S) groups is 1. The molecule has 1 aromatic heterocycles. The van der Waals surface area contributed by atoms with E-state index in [1.165, 1.54) is 16.7 Å². The fourth-order valence-corrected chi connectivity index (χ4v) is 4.82. The van der Waals surface area contributed by atoms with Gasteiger partial charge in [0.25, 0.3) is 0 Å². The molecule has 2 aliphatic rings. The van der Waals surface area contributed by atoms with Gasteiger partial charge in [0.05, 0.1) is 12.6 Å². The Morgan fingerprint density at radius 2 is 1.97 bits per heavy atom. The minimum absolute atomic E-state index is 0.0320. The van der Waals surface area contributed by atoms with Crippen molar-refractivity contribution in [3.8, 4) is 0 Å². The molecule has 0 saturated heterocycles. The Labute approximate surface area is 180 Å². The van der Waals surface area contributed by atoms with Gasteiger partial charge in [0, 0.05) is 33.9 Å². The first kappa shape index (κ1) is 18.9. The van der Waals surface area contributed by atoms with Crippen molar-refractivity contribution in [1.29, 1.82) is 0 Å². The second kappa shape index (κ2) is 7.61. The highest BCUT2D eigenvalue weighted by atomic mass is 32.1. The van der Waals surface area contributed by atoms with E-state index in [-0.39, 0.29) is 18.6 Å². The van der Waals surface area contributed by atoms with E-state index in [0.717, 1.165) is 35.0 Å². The number of carbonyl (C=O) groups is 1. The van der Waals surface area contributed by atoms with E-state index < -0.39 is 0 Å². The lowest BCUT2D eigenvalue weighted by atomic mass is 9.83. The fourth-order valence-electron chi connectivity index (χ4n) is 4.60. The van der Waals surface area contributed by atoms with E-state index >= 15 is 0 Å². The molecule has 1 unspecified atom stereocenters. The van der Waals surface area contributed by atoms with Crippen molar-refractivity contribution < 1.29 is 9.53 Å². The normalized spacial score (nSPS) is 17.8. The lowest BCUT2D eigenvalue weighted by Crippen LogP contribution is -2.44. The third kappa shape index (κ3) is 3.17. The molecule has 0 spiro atoms. The summed E-state index contributed by atoms with van der Waals surface area (Å²) in [5.74, 6) is -0.231. The third-order valence-electron chi connectivity index (χ3n) is 5.87. The molecule has 0 bridgehead atoms. The van der Waals surface area contributed by atoms with E-state index in [0.29, 0.717) is 11.7 Å². The molecule has 5 nitrogen and oxygen atoms in total. The average molecular weight is 418 g/mol. The summed E-state index contributed by atoms with van der Waals surface area (Å²) in [7, 11) is 0. The first-order valence-corrected chi connectivity index (χ1v) is 10.7. The number of aryl methyl sites for hydroxylation is 1. The van der Waals surface area contributed by atoms with Crippen molar-refractivity contribution in [1.82, 2.24) is 15.2 Å². The molecule has 1 atom stereocenters. The molecular weight excluding hydrogens is 394 g/mol. The Morgan fingerprint density at radius 3 is 2.83 bits per heavy atom. The molecule has 1 aliphatic heterocycles. The van der Waals surface area contributed by atoms with Crippen molar-refractivity contribution in [3.05, 3.63) is 77.0 Å². The van der Waals surface area contributed by atoms with Gasteiger partial charge < -0.3 is 19.9 Å². The molecule has 0 fully saturated rings. The number of hydrogen-bond acceptors (Lipinski definition) is 3. The summed E-state index contributed by atoms with van der Waals surface area (Å²) in [5.41, 5.74) is 7.14. The highest BCUT2D eigenvalue weighted by Gasteiger charge is 2.32. The molecule has 2 N–H and O–H groups in total. The zero-order valence-electron chi connectivity index (χ0n) is 16.8. The van der Waals surface area contributed by atoms with E-state index in [4.69, 9.17) is 17.0 Å². The Balaban J connectivity index is 1.63. The van der Waals surface area contributed by atoms with Crippen molar-refractivity contribution >= 4 is 39.9 Å². The van der Waals surface area contributed by atoms with Crippen molar-refractivity contribution in [2.75, 3.05) is 6.61 Å². The van der Waals surface area contributed by atoms with Gasteiger partial charge in [0.1, 0.15) is 6.54 Å². The highest BCUT2D eigenvalue weighted by Crippen LogP contribution is 2.41. The number of hydrogen-bond donors (Lipinski definition) is 2. The highest BCUT2D eigenvalue weighted by molar-refractivity contribution is 7.80. The van der Waals surface area contributed by atoms with Crippen molar-refractivity contribution in [2.45, 2.75) is 32.4 Å². The lowest BCUT2D eigenvalue weighted by Gasteiger charge is -2.35. The smallest absolute Gasteiger partial charge is 0.325 e. The number of esters is 1. The summed E-state index contributed by atoms with van der Waals surface area (Å²) >= 11 is 5.58. The maximum absolute atomic E-state index is 12.2. The molecule has 2 aromatic carbocycles. The predicted molar refractivity (Wildman–Crippen MR) is 122 cm³/mol. The minimum atomic E-state index is -0.231. The second-order valence-electron chi connectivity index (χ2n) is 7.62. The van der Waals surface area contributed by atoms with Crippen LogP contribution in [0.5, 0.6) is 0 Å². The number of nitrogens with one attached hydrogen (secondary N) is 2. The second-order valence-corrected chi connectivity index (χ2v) is 8.03. The van der Waals surface area contributed by atoms with Gasteiger partial charge in [-0.05, 0) is 49.2 Å². The SMILES string of the molecule is CCOC(=O)Cn1cc(C2NC(=S)NC3=C2CCc2ccccc23)c2ccccc21.